The molecule has 3 aromatic rings. The highest BCUT2D eigenvalue weighted by atomic mass is 16.5. The van der Waals surface area contributed by atoms with Crippen LogP contribution in [0.1, 0.15) is 87.2 Å². The van der Waals surface area contributed by atoms with Gasteiger partial charge in [-0.15, -0.1) is 0 Å². The number of aliphatic carboxylic acids is 1. The molecular formula is C36H47N3O3. The minimum Gasteiger partial charge on any atom is -0.479 e. The van der Waals surface area contributed by atoms with Gasteiger partial charge in [-0.05, 0) is 81.5 Å². The predicted octanol–water partition coefficient (Wildman–Crippen LogP) is 7.49. The summed E-state index contributed by atoms with van der Waals surface area (Å²) in [6.45, 7) is 19.0. The van der Waals surface area contributed by atoms with Crippen molar-refractivity contribution >= 4 is 11.7 Å². The van der Waals surface area contributed by atoms with E-state index in [0.717, 1.165) is 80.2 Å². The number of pyridine rings is 1. The lowest BCUT2D eigenvalue weighted by atomic mass is 9.81. The lowest BCUT2D eigenvalue weighted by molar-refractivity contribution is -0.160. The highest BCUT2D eigenvalue weighted by molar-refractivity contribution is 5.88. The summed E-state index contributed by atoms with van der Waals surface area (Å²) in [5.74, 6) is -0.985. The molecule has 1 atom stereocenters. The number of carboxylic acids is 1. The van der Waals surface area contributed by atoms with Gasteiger partial charge < -0.3 is 14.7 Å². The zero-order valence-corrected chi connectivity index (χ0v) is 26.5. The fourth-order valence-electron chi connectivity index (χ4n) is 6.48. The fraction of sp³-hybridized carbons (Fsp3) is 0.500. The summed E-state index contributed by atoms with van der Waals surface area (Å²) in [6.07, 6.45) is 2.07. The number of aryl methyl sites for hydroxylation is 2. The Morgan fingerprint density at radius 3 is 2.24 bits per heavy atom. The normalized spacial score (nSPS) is 18.0. The van der Waals surface area contributed by atoms with Crippen molar-refractivity contribution in [3.05, 3.63) is 82.2 Å². The number of carboxylic acid groups (broad SMARTS) is 1. The molecule has 224 valence electrons. The quantitative estimate of drug-likeness (QED) is 0.318. The minimum atomic E-state index is -1.11. The molecule has 1 saturated heterocycles. The minimum absolute atomic E-state index is 0.263. The fourth-order valence-corrected chi connectivity index (χ4v) is 6.48. The highest BCUT2D eigenvalue weighted by Crippen LogP contribution is 2.44. The first-order valence-electron chi connectivity index (χ1n) is 15.4. The van der Waals surface area contributed by atoms with Gasteiger partial charge in [0, 0.05) is 55.2 Å². The summed E-state index contributed by atoms with van der Waals surface area (Å²) in [4.78, 5) is 22.6. The Balaban J connectivity index is 1.53. The molecule has 42 heavy (non-hydrogen) atoms. The van der Waals surface area contributed by atoms with E-state index in [0.29, 0.717) is 5.56 Å². The molecule has 2 aliphatic rings. The van der Waals surface area contributed by atoms with Crippen LogP contribution in [-0.2, 0) is 29.0 Å². The largest absolute Gasteiger partial charge is 0.479 e. The number of fused-ring (bicyclic) bond motifs is 1. The molecule has 0 saturated carbocycles. The van der Waals surface area contributed by atoms with E-state index in [-0.39, 0.29) is 5.41 Å². The Labute approximate surface area is 251 Å². The maximum atomic E-state index is 12.7. The van der Waals surface area contributed by atoms with E-state index in [1.165, 1.54) is 16.7 Å². The molecular weight excluding hydrogens is 522 g/mol. The van der Waals surface area contributed by atoms with Crippen LogP contribution in [0.3, 0.4) is 0 Å². The number of benzene rings is 2. The second-order valence-electron chi connectivity index (χ2n) is 13.9. The van der Waals surface area contributed by atoms with Crippen LogP contribution in [0.2, 0.25) is 0 Å². The molecule has 1 N–H and O–H groups in total. The third-order valence-electron chi connectivity index (χ3n) is 8.83. The van der Waals surface area contributed by atoms with E-state index in [9.17, 15) is 9.90 Å². The topological polar surface area (TPSA) is 65.9 Å². The number of hydrogen-bond donors (Lipinski definition) is 1. The van der Waals surface area contributed by atoms with Crippen LogP contribution in [0, 0.1) is 19.3 Å². The standard InChI is InChI=1S/C36H47N3O3/c1-24-30(28-14-12-26(13-15-28)22-38-19-16-27-10-8-9-11-29(27)23-38)32(39-20-17-36(6,7)18-21-39)31(25(2)37-24)33(34(40)41)42-35(3,4)5/h8-15,33H,16-23H2,1-7H3,(H,40,41). The Kier molecular flexibility index (Phi) is 8.51. The molecule has 0 aliphatic carbocycles. The first-order valence-corrected chi connectivity index (χ1v) is 15.4. The van der Waals surface area contributed by atoms with Gasteiger partial charge in [0.1, 0.15) is 0 Å². The van der Waals surface area contributed by atoms with E-state index in [1.54, 1.807) is 0 Å². The van der Waals surface area contributed by atoms with Gasteiger partial charge in [0.2, 0.25) is 0 Å². The van der Waals surface area contributed by atoms with Crippen LogP contribution in [-0.4, -0.2) is 46.2 Å². The number of aromatic nitrogens is 1. The molecule has 6 nitrogen and oxygen atoms in total. The van der Waals surface area contributed by atoms with Crippen molar-refractivity contribution in [2.75, 3.05) is 24.5 Å². The molecule has 6 heteroatoms. The second-order valence-corrected chi connectivity index (χ2v) is 13.9. The molecule has 5 rings (SSSR count). The summed E-state index contributed by atoms with van der Waals surface area (Å²) in [5.41, 5.74) is 9.15. The van der Waals surface area contributed by atoms with Crippen LogP contribution in [0.5, 0.6) is 0 Å². The smallest absolute Gasteiger partial charge is 0.337 e. The number of rotatable bonds is 7. The molecule has 0 bridgehead atoms. The third kappa shape index (κ3) is 6.71. The molecule has 0 spiro atoms. The van der Waals surface area contributed by atoms with E-state index in [1.807, 2.05) is 34.6 Å². The first kappa shape index (κ1) is 30.2. The van der Waals surface area contributed by atoms with Crippen molar-refractivity contribution in [3.8, 4) is 11.1 Å². The monoisotopic (exact) mass is 569 g/mol. The van der Waals surface area contributed by atoms with Crippen molar-refractivity contribution in [1.82, 2.24) is 9.88 Å². The van der Waals surface area contributed by atoms with Gasteiger partial charge >= 0.3 is 5.97 Å². The van der Waals surface area contributed by atoms with Crippen LogP contribution >= 0.6 is 0 Å². The van der Waals surface area contributed by atoms with Crippen molar-refractivity contribution in [3.63, 3.8) is 0 Å². The zero-order chi connectivity index (χ0) is 30.2. The van der Waals surface area contributed by atoms with E-state index < -0.39 is 17.7 Å². The summed E-state index contributed by atoms with van der Waals surface area (Å²) >= 11 is 0. The van der Waals surface area contributed by atoms with Gasteiger partial charge in [0.05, 0.1) is 11.3 Å². The molecule has 0 radical (unpaired) electrons. The first-order chi connectivity index (χ1) is 19.8. The van der Waals surface area contributed by atoms with Gasteiger partial charge in [-0.1, -0.05) is 62.4 Å². The average molecular weight is 570 g/mol. The van der Waals surface area contributed by atoms with Crippen LogP contribution in [0.4, 0.5) is 5.69 Å². The van der Waals surface area contributed by atoms with Crippen LogP contribution < -0.4 is 4.90 Å². The van der Waals surface area contributed by atoms with Crippen molar-refractivity contribution in [2.45, 2.75) is 92.5 Å². The summed E-state index contributed by atoms with van der Waals surface area (Å²) in [5, 5.41) is 10.4. The maximum absolute atomic E-state index is 12.7. The van der Waals surface area contributed by atoms with Gasteiger partial charge in [-0.25, -0.2) is 4.79 Å². The number of hydrogen-bond acceptors (Lipinski definition) is 5. The predicted molar refractivity (Wildman–Crippen MR) is 170 cm³/mol. The number of anilines is 1. The Morgan fingerprint density at radius 2 is 1.62 bits per heavy atom. The van der Waals surface area contributed by atoms with Gasteiger partial charge in [0.15, 0.2) is 6.10 Å². The Morgan fingerprint density at radius 1 is 0.976 bits per heavy atom. The molecule has 0 amide bonds. The molecule has 1 fully saturated rings. The number of ether oxygens (including phenoxy) is 1. The van der Waals surface area contributed by atoms with Crippen molar-refractivity contribution in [1.29, 1.82) is 0 Å². The summed E-state index contributed by atoms with van der Waals surface area (Å²) in [7, 11) is 0. The third-order valence-corrected chi connectivity index (χ3v) is 8.83. The van der Waals surface area contributed by atoms with E-state index >= 15 is 0 Å². The lowest BCUT2D eigenvalue weighted by Gasteiger charge is -2.41. The van der Waals surface area contributed by atoms with E-state index in [2.05, 4.69) is 72.2 Å². The highest BCUT2D eigenvalue weighted by Gasteiger charge is 2.36. The van der Waals surface area contributed by atoms with Gasteiger partial charge in [-0.2, -0.15) is 0 Å². The van der Waals surface area contributed by atoms with Crippen molar-refractivity contribution < 1.29 is 14.6 Å². The Hall–Kier alpha value is -3.22. The number of carbonyl (C=O) groups is 1. The number of piperidine rings is 1. The zero-order valence-electron chi connectivity index (χ0n) is 26.5. The van der Waals surface area contributed by atoms with Crippen molar-refractivity contribution in [2.24, 2.45) is 5.41 Å². The molecule has 1 unspecified atom stereocenters. The Bertz CT molecular complexity index is 1430. The molecule has 2 aromatic carbocycles. The summed E-state index contributed by atoms with van der Waals surface area (Å²) < 4.78 is 6.23. The molecule has 3 heterocycles. The van der Waals surface area contributed by atoms with Gasteiger partial charge in [-0.3, -0.25) is 9.88 Å². The van der Waals surface area contributed by atoms with E-state index in [4.69, 9.17) is 9.72 Å². The summed E-state index contributed by atoms with van der Waals surface area (Å²) in [6, 6.07) is 17.6. The lowest BCUT2D eigenvalue weighted by Crippen LogP contribution is -2.39. The SMILES string of the molecule is Cc1nc(C)c(C(OC(C)(C)C)C(=O)O)c(N2CCC(C)(C)CC2)c1-c1ccc(CN2CCc3ccccc3C2)cc1. The molecule has 2 aliphatic heterocycles. The van der Waals surface area contributed by atoms with Gasteiger partial charge in [0.25, 0.3) is 0 Å². The second kappa shape index (κ2) is 11.8. The number of nitrogens with zero attached hydrogens (tertiary/aromatic N) is 3. The molecule has 1 aromatic heterocycles. The average Bonchev–Trinajstić information content (AvgIpc) is 2.92. The maximum Gasteiger partial charge on any atom is 0.337 e. The van der Waals surface area contributed by atoms with Crippen LogP contribution in [0.25, 0.3) is 11.1 Å². The van der Waals surface area contributed by atoms with Crippen LogP contribution in [0.15, 0.2) is 48.5 Å².